The fourth-order valence-corrected chi connectivity index (χ4v) is 6.12. The predicted molar refractivity (Wildman–Crippen MR) is 174 cm³/mol. The van der Waals surface area contributed by atoms with Crippen LogP contribution in [0.4, 0.5) is 0 Å². The Morgan fingerprint density at radius 1 is 1.13 bits per heavy atom. The fraction of sp³-hybridized carbons (Fsp3) is 0.312. The van der Waals surface area contributed by atoms with E-state index in [1.807, 2.05) is 67.6 Å². The minimum Gasteiger partial charge on any atom is -0.489 e. The largest absolute Gasteiger partial charge is 0.551 e. The molecule has 13 heteroatoms. The monoisotopic (exact) mass is 653 g/mol. The van der Waals surface area contributed by atoms with Crippen LogP contribution in [0.1, 0.15) is 49.6 Å². The third-order valence-corrected chi connectivity index (χ3v) is 8.70. The number of nitrogens with one attached hydrogen (secondary N) is 1. The van der Waals surface area contributed by atoms with E-state index in [1.54, 1.807) is 19.1 Å². The highest BCUT2D eigenvalue weighted by molar-refractivity contribution is 8.16. The van der Waals surface area contributed by atoms with Crippen molar-refractivity contribution in [1.29, 1.82) is 0 Å². The standard InChI is InChI=1S/C32H36N3O8PS/c1-4-12-27(29-18-26(39-17-5-2)19-30(36)42-29)33-31(37)28-22-45-32(34-28)23(3)35-43-44(38,40-20-24-13-8-6-9-14-24)41-21-25-15-10-7-11-16-25/h5-11,13-16,18-19,27-28H,2,4,12,17,20-22H2,1,3H3,(H,33,37)/b35-23+. The maximum absolute atomic E-state index is 13.5. The molecule has 1 aromatic heterocycles. The van der Waals surface area contributed by atoms with Gasteiger partial charge in [-0.2, -0.15) is 0 Å². The molecule has 2 atom stereocenters. The molecule has 2 aromatic carbocycles. The third kappa shape index (κ3) is 10.6. The summed E-state index contributed by atoms with van der Waals surface area (Å²) in [6, 6.07) is 20.0. The molecule has 238 valence electrons. The van der Waals surface area contributed by atoms with E-state index in [4.69, 9.17) is 22.8 Å². The Morgan fingerprint density at radius 3 is 2.38 bits per heavy atom. The highest BCUT2D eigenvalue weighted by atomic mass is 32.2. The van der Waals surface area contributed by atoms with Crippen LogP contribution >= 0.6 is 19.6 Å². The lowest BCUT2D eigenvalue weighted by molar-refractivity contribution is -0.122. The first kappa shape index (κ1) is 33.9. The molecule has 2 unspecified atom stereocenters. The van der Waals surface area contributed by atoms with Gasteiger partial charge in [-0.1, -0.05) is 91.8 Å². The maximum Gasteiger partial charge on any atom is 0.551 e. The molecule has 0 spiro atoms. The van der Waals surface area contributed by atoms with E-state index < -0.39 is 25.5 Å². The van der Waals surface area contributed by atoms with Gasteiger partial charge >= 0.3 is 13.4 Å². The predicted octanol–water partition coefficient (Wildman–Crippen LogP) is 6.61. The zero-order valence-electron chi connectivity index (χ0n) is 25.1. The van der Waals surface area contributed by atoms with E-state index >= 15 is 0 Å². The summed E-state index contributed by atoms with van der Waals surface area (Å²) < 4.78 is 41.0. The summed E-state index contributed by atoms with van der Waals surface area (Å²) >= 11 is 1.31. The molecule has 1 N–H and O–H groups in total. The number of carbonyl (C=O) groups excluding carboxylic acids is 1. The quantitative estimate of drug-likeness (QED) is 0.0738. The first-order valence-corrected chi connectivity index (χ1v) is 16.8. The van der Waals surface area contributed by atoms with Gasteiger partial charge in [-0.25, -0.2) is 9.36 Å². The second-order valence-electron chi connectivity index (χ2n) is 9.95. The Kier molecular flexibility index (Phi) is 12.8. The Balaban J connectivity index is 1.43. The van der Waals surface area contributed by atoms with Gasteiger partial charge in [-0.15, -0.1) is 11.8 Å². The summed E-state index contributed by atoms with van der Waals surface area (Å²) in [6.45, 7) is 7.40. The molecule has 1 aliphatic heterocycles. The molecule has 0 aliphatic carbocycles. The SMILES string of the molecule is C=CCOc1cc(C(CCC)NC(=O)C2CSC(/C(C)=N/OP(=O)(OCc3ccccc3)OCc3ccccc3)=N2)oc(=O)c1. The number of phosphoric ester groups is 1. The Bertz CT molecular complexity index is 1550. The van der Waals surface area contributed by atoms with Crippen LogP contribution in [0.15, 0.2) is 105 Å². The van der Waals surface area contributed by atoms with Crippen molar-refractivity contribution in [2.75, 3.05) is 12.4 Å². The number of amides is 1. The van der Waals surface area contributed by atoms with Crippen molar-refractivity contribution in [2.45, 2.75) is 52.0 Å². The molecule has 0 bridgehead atoms. The van der Waals surface area contributed by atoms with Gasteiger partial charge in [0.1, 0.15) is 34.9 Å². The molecule has 3 aromatic rings. The number of phosphoric acid groups is 1. The molecular formula is C32H36N3O8PS. The molecular weight excluding hydrogens is 617 g/mol. The second kappa shape index (κ2) is 16.9. The topological polar surface area (TPSA) is 138 Å². The highest BCUT2D eigenvalue weighted by Gasteiger charge is 2.32. The van der Waals surface area contributed by atoms with Crippen LogP contribution in [0.3, 0.4) is 0 Å². The Labute approximate surface area is 266 Å². The first-order chi connectivity index (χ1) is 21.8. The average molecular weight is 654 g/mol. The van der Waals surface area contributed by atoms with Crippen LogP contribution in [0.25, 0.3) is 0 Å². The van der Waals surface area contributed by atoms with E-state index in [0.717, 1.165) is 17.5 Å². The van der Waals surface area contributed by atoms with E-state index in [9.17, 15) is 14.2 Å². The third-order valence-electron chi connectivity index (χ3n) is 6.37. The van der Waals surface area contributed by atoms with Crippen molar-refractivity contribution in [2.24, 2.45) is 10.1 Å². The maximum atomic E-state index is 13.5. The number of thioether (sulfide) groups is 1. The number of nitrogens with zero attached hydrogens (tertiary/aromatic N) is 2. The molecule has 0 fully saturated rings. The molecule has 1 aliphatic rings. The zero-order valence-corrected chi connectivity index (χ0v) is 26.8. The molecule has 0 radical (unpaired) electrons. The summed E-state index contributed by atoms with van der Waals surface area (Å²) in [7, 11) is -4.14. The molecule has 45 heavy (non-hydrogen) atoms. The number of rotatable bonds is 17. The van der Waals surface area contributed by atoms with Crippen LogP contribution < -0.4 is 15.7 Å². The van der Waals surface area contributed by atoms with Gasteiger partial charge in [0.15, 0.2) is 0 Å². The number of benzene rings is 2. The highest BCUT2D eigenvalue weighted by Crippen LogP contribution is 2.51. The lowest BCUT2D eigenvalue weighted by Crippen LogP contribution is -2.37. The number of aliphatic imine (C=N–C) groups is 1. The first-order valence-electron chi connectivity index (χ1n) is 14.4. The van der Waals surface area contributed by atoms with Crippen LogP contribution in [0.5, 0.6) is 5.75 Å². The summed E-state index contributed by atoms with van der Waals surface area (Å²) in [6.07, 6.45) is 2.82. The van der Waals surface area contributed by atoms with Gasteiger partial charge in [0.05, 0.1) is 25.3 Å². The van der Waals surface area contributed by atoms with E-state index in [-0.39, 0.29) is 25.7 Å². The molecule has 4 rings (SSSR count). The van der Waals surface area contributed by atoms with Crippen LogP contribution in [0.2, 0.25) is 0 Å². The van der Waals surface area contributed by atoms with Crippen molar-refractivity contribution < 1.29 is 32.2 Å². The minimum absolute atomic E-state index is 0.0121. The lowest BCUT2D eigenvalue weighted by Gasteiger charge is -2.19. The van der Waals surface area contributed by atoms with Crippen molar-refractivity contribution in [3.63, 3.8) is 0 Å². The van der Waals surface area contributed by atoms with Gasteiger partial charge in [0, 0.05) is 11.8 Å². The van der Waals surface area contributed by atoms with Crippen molar-refractivity contribution >= 4 is 36.2 Å². The summed E-state index contributed by atoms with van der Waals surface area (Å²) in [4.78, 5) is 29.9. The van der Waals surface area contributed by atoms with Crippen LogP contribution in [-0.2, 0) is 36.2 Å². The van der Waals surface area contributed by atoms with Gasteiger partial charge in [-0.3, -0.25) is 23.5 Å². The van der Waals surface area contributed by atoms with Crippen LogP contribution in [-0.4, -0.2) is 35.1 Å². The normalized spacial score (nSPS) is 15.6. The van der Waals surface area contributed by atoms with E-state index in [0.29, 0.717) is 34.4 Å². The molecule has 0 saturated heterocycles. The van der Waals surface area contributed by atoms with E-state index in [1.165, 1.54) is 17.8 Å². The number of hydrogen-bond donors (Lipinski definition) is 1. The van der Waals surface area contributed by atoms with Gasteiger partial charge in [0.25, 0.3) is 0 Å². The van der Waals surface area contributed by atoms with Gasteiger partial charge in [0.2, 0.25) is 5.91 Å². The number of oxime groups is 1. The number of ether oxygens (including phenoxy) is 1. The smallest absolute Gasteiger partial charge is 0.489 e. The van der Waals surface area contributed by atoms with Crippen molar-refractivity contribution in [3.8, 4) is 5.75 Å². The second-order valence-corrected chi connectivity index (χ2v) is 12.5. The lowest BCUT2D eigenvalue weighted by atomic mass is 10.1. The zero-order chi connectivity index (χ0) is 32.1. The fourth-order valence-electron chi connectivity index (χ4n) is 4.12. The molecule has 11 nitrogen and oxygen atoms in total. The van der Waals surface area contributed by atoms with E-state index in [2.05, 4.69) is 22.0 Å². The summed E-state index contributed by atoms with van der Waals surface area (Å²) in [5.74, 6) is 0.636. The summed E-state index contributed by atoms with van der Waals surface area (Å²) in [5.41, 5.74) is 1.30. The van der Waals surface area contributed by atoms with Gasteiger partial charge in [-0.05, 0) is 24.5 Å². The number of carbonyl (C=O) groups is 1. The van der Waals surface area contributed by atoms with Crippen molar-refractivity contribution in [1.82, 2.24) is 5.32 Å². The number of hydrogen-bond acceptors (Lipinski definition) is 11. The Morgan fingerprint density at radius 2 is 1.78 bits per heavy atom. The van der Waals surface area contributed by atoms with Gasteiger partial charge < -0.3 is 14.5 Å². The summed E-state index contributed by atoms with van der Waals surface area (Å²) in [5, 5.41) is 7.42. The van der Waals surface area contributed by atoms with Crippen molar-refractivity contribution in [3.05, 3.63) is 113 Å². The molecule has 1 amide bonds. The Hall–Kier alpha value is -3.96. The average Bonchev–Trinajstić information content (AvgIpc) is 3.56. The molecule has 0 saturated carbocycles. The molecule has 2 heterocycles. The van der Waals surface area contributed by atoms with Crippen LogP contribution in [0, 0.1) is 0 Å². The minimum atomic E-state index is -4.14.